The third kappa shape index (κ3) is 6.86. The van der Waals surface area contributed by atoms with Crippen LogP contribution in [0, 0.1) is 0 Å². The molecule has 182 valence electrons. The van der Waals surface area contributed by atoms with Crippen molar-refractivity contribution in [3.05, 3.63) is 77.2 Å². The van der Waals surface area contributed by atoms with E-state index in [1.165, 1.54) is 12.7 Å². The van der Waals surface area contributed by atoms with Crippen LogP contribution in [0.5, 0.6) is 0 Å². The summed E-state index contributed by atoms with van der Waals surface area (Å²) in [7, 11) is 0. The fraction of sp³-hybridized carbons (Fsp3) is 0.269. The van der Waals surface area contributed by atoms with Crippen LogP contribution in [0.1, 0.15) is 53.0 Å². The number of benzene rings is 2. The van der Waals surface area contributed by atoms with Gasteiger partial charge < -0.3 is 25.7 Å². The third-order valence-electron chi connectivity index (χ3n) is 5.75. The Hall–Kier alpha value is -3.78. The van der Waals surface area contributed by atoms with Gasteiger partial charge >= 0.3 is 0 Å². The highest BCUT2D eigenvalue weighted by Gasteiger charge is 2.19. The Kier molecular flexibility index (Phi) is 8.05. The second kappa shape index (κ2) is 11.6. The van der Waals surface area contributed by atoms with Crippen molar-refractivity contribution in [2.75, 3.05) is 22.5 Å². The predicted octanol–water partition coefficient (Wildman–Crippen LogP) is 5.30. The van der Waals surface area contributed by atoms with Crippen LogP contribution >= 0.6 is 11.6 Å². The highest BCUT2D eigenvalue weighted by Crippen LogP contribution is 2.23. The van der Waals surface area contributed by atoms with Gasteiger partial charge in [0.1, 0.15) is 0 Å². The Labute approximate surface area is 208 Å². The molecule has 0 aliphatic heterocycles. The first kappa shape index (κ1) is 24.3. The molecular formula is C26H27ClN4O4. The Bertz CT molecular complexity index is 1190. The highest BCUT2D eigenvalue weighted by molar-refractivity contribution is 6.34. The molecule has 3 amide bonds. The average Bonchev–Trinajstić information content (AvgIpc) is 3.40. The number of furan rings is 1. The maximum atomic E-state index is 12.7. The van der Waals surface area contributed by atoms with E-state index in [0.717, 1.165) is 25.7 Å². The minimum Gasteiger partial charge on any atom is -0.459 e. The lowest BCUT2D eigenvalue weighted by Gasteiger charge is -2.23. The van der Waals surface area contributed by atoms with E-state index in [9.17, 15) is 14.4 Å². The van der Waals surface area contributed by atoms with Crippen molar-refractivity contribution in [1.82, 2.24) is 5.32 Å². The van der Waals surface area contributed by atoms with E-state index in [2.05, 4.69) is 21.3 Å². The molecule has 4 N–H and O–H groups in total. The second-order valence-corrected chi connectivity index (χ2v) is 8.82. The van der Waals surface area contributed by atoms with Crippen molar-refractivity contribution < 1.29 is 18.8 Å². The average molecular weight is 495 g/mol. The number of hydrogen-bond donors (Lipinski definition) is 4. The molecule has 0 radical (unpaired) electrons. The van der Waals surface area contributed by atoms with Crippen LogP contribution in [0.4, 0.5) is 17.1 Å². The Morgan fingerprint density at radius 2 is 1.63 bits per heavy atom. The van der Waals surface area contributed by atoms with Crippen LogP contribution in [0.2, 0.25) is 5.02 Å². The molecule has 1 aromatic heterocycles. The van der Waals surface area contributed by atoms with Gasteiger partial charge in [-0.05, 0) is 61.4 Å². The van der Waals surface area contributed by atoms with Gasteiger partial charge in [0.05, 0.1) is 23.4 Å². The van der Waals surface area contributed by atoms with Gasteiger partial charge in [0.25, 0.3) is 11.8 Å². The van der Waals surface area contributed by atoms with Crippen molar-refractivity contribution in [1.29, 1.82) is 0 Å². The minimum atomic E-state index is -0.383. The number of carbonyl (C=O) groups excluding carboxylic acids is 3. The zero-order valence-electron chi connectivity index (χ0n) is 19.1. The molecule has 35 heavy (non-hydrogen) atoms. The van der Waals surface area contributed by atoms with Crippen LogP contribution in [-0.2, 0) is 4.79 Å². The Balaban J connectivity index is 1.31. The monoisotopic (exact) mass is 494 g/mol. The van der Waals surface area contributed by atoms with Crippen LogP contribution in [0.25, 0.3) is 0 Å². The summed E-state index contributed by atoms with van der Waals surface area (Å²) in [6.07, 6.45) is 6.83. The predicted molar refractivity (Wildman–Crippen MR) is 136 cm³/mol. The molecule has 1 fully saturated rings. The summed E-state index contributed by atoms with van der Waals surface area (Å²) >= 11 is 6.26. The van der Waals surface area contributed by atoms with Gasteiger partial charge in [-0.1, -0.05) is 36.9 Å². The molecule has 2 aromatic carbocycles. The van der Waals surface area contributed by atoms with E-state index in [0.29, 0.717) is 27.6 Å². The molecule has 0 saturated heterocycles. The standard InChI is InChI=1S/C26H27ClN4O4/c27-22-12-11-18(15-21(22)25(33)30-17-6-2-1-3-7-17)28-16-24(32)29-19-8-4-9-20(14-19)31-26(34)23-10-5-13-35-23/h4-5,8-15,17,28H,1-3,6-7,16H2,(H,29,32)(H,30,33)(H,31,34). The summed E-state index contributed by atoms with van der Waals surface area (Å²) in [5, 5.41) is 11.9. The van der Waals surface area contributed by atoms with E-state index >= 15 is 0 Å². The first-order valence-electron chi connectivity index (χ1n) is 11.6. The lowest BCUT2D eigenvalue weighted by Crippen LogP contribution is -2.36. The molecule has 4 rings (SSSR count). The van der Waals surface area contributed by atoms with Gasteiger partial charge in [-0.25, -0.2) is 0 Å². The van der Waals surface area contributed by atoms with Crippen molar-refractivity contribution in [2.24, 2.45) is 0 Å². The van der Waals surface area contributed by atoms with Crippen LogP contribution < -0.4 is 21.3 Å². The van der Waals surface area contributed by atoms with E-state index in [4.69, 9.17) is 16.0 Å². The Morgan fingerprint density at radius 3 is 2.37 bits per heavy atom. The summed E-state index contributed by atoms with van der Waals surface area (Å²) in [6.45, 7) is -0.0195. The lowest BCUT2D eigenvalue weighted by atomic mass is 9.95. The molecule has 1 aliphatic carbocycles. The number of anilines is 3. The quantitative estimate of drug-likeness (QED) is 0.339. The molecule has 0 atom stereocenters. The molecule has 1 saturated carbocycles. The number of hydrogen-bond acceptors (Lipinski definition) is 5. The van der Waals surface area contributed by atoms with Gasteiger partial charge in [0.15, 0.2) is 5.76 Å². The van der Waals surface area contributed by atoms with E-state index in [-0.39, 0.29) is 36.1 Å². The summed E-state index contributed by atoms with van der Waals surface area (Å²) in [6, 6.07) is 15.2. The number of nitrogens with one attached hydrogen (secondary N) is 4. The van der Waals surface area contributed by atoms with Crippen LogP contribution in [0.3, 0.4) is 0 Å². The first-order chi connectivity index (χ1) is 17.0. The summed E-state index contributed by atoms with van der Waals surface area (Å²) in [5.41, 5.74) is 2.03. The van der Waals surface area contributed by atoms with E-state index in [1.807, 2.05) is 0 Å². The normalized spacial score (nSPS) is 13.6. The lowest BCUT2D eigenvalue weighted by molar-refractivity contribution is -0.114. The molecule has 0 bridgehead atoms. The largest absolute Gasteiger partial charge is 0.459 e. The van der Waals surface area contributed by atoms with Gasteiger partial charge in [-0.15, -0.1) is 0 Å². The SMILES string of the molecule is O=C(CNc1ccc(Cl)c(C(=O)NC2CCCCC2)c1)Nc1cccc(NC(=O)c2ccco2)c1. The van der Waals surface area contributed by atoms with Crippen molar-refractivity contribution in [3.63, 3.8) is 0 Å². The van der Waals surface area contributed by atoms with Gasteiger partial charge in [-0.3, -0.25) is 14.4 Å². The number of halogens is 1. The minimum absolute atomic E-state index is 0.0195. The first-order valence-corrected chi connectivity index (χ1v) is 11.9. The molecule has 9 heteroatoms. The zero-order chi connectivity index (χ0) is 24.6. The summed E-state index contributed by atoms with van der Waals surface area (Å²) < 4.78 is 5.08. The van der Waals surface area contributed by atoms with Crippen molar-refractivity contribution >= 4 is 46.4 Å². The molecule has 1 aliphatic rings. The van der Waals surface area contributed by atoms with E-state index < -0.39 is 0 Å². The second-order valence-electron chi connectivity index (χ2n) is 8.42. The van der Waals surface area contributed by atoms with Crippen LogP contribution in [0.15, 0.2) is 65.3 Å². The smallest absolute Gasteiger partial charge is 0.291 e. The van der Waals surface area contributed by atoms with Gasteiger partial charge in [-0.2, -0.15) is 0 Å². The van der Waals surface area contributed by atoms with Crippen molar-refractivity contribution in [2.45, 2.75) is 38.1 Å². The maximum absolute atomic E-state index is 12.7. The maximum Gasteiger partial charge on any atom is 0.291 e. The molecule has 3 aromatic rings. The molecule has 0 spiro atoms. The molecule has 8 nitrogen and oxygen atoms in total. The number of rotatable bonds is 8. The molecule has 0 unspecified atom stereocenters. The number of carbonyl (C=O) groups is 3. The van der Waals surface area contributed by atoms with Crippen molar-refractivity contribution in [3.8, 4) is 0 Å². The van der Waals surface area contributed by atoms with Gasteiger partial charge in [0.2, 0.25) is 5.91 Å². The summed E-state index contributed by atoms with van der Waals surface area (Å²) in [4.78, 5) is 37.3. The topological polar surface area (TPSA) is 112 Å². The zero-order valence-corrected chi connectivity index (χ0v) is 19.9. The third-order valence-corrected chi connectivity index (χ3v) is 6.08. The Morgan fingerprint density at radius 1 is 0.857 bits per heavy atom. The number of amides is 3. The molecular weight excluding hydrogens is 468 g/mol. The molecule has 1 heterocycles. The fourth-order valence-electron chi connectivity index (χ4n) is 3.98. The highest BCUT2D eigenvalue weighted by atomic mass is 35.5. The van der Waals surface area contributed by atoms with E-state index in [1.54, 1.807) is 54.6 Å². The van der Waals surface area contributed by atoms with Crippen LogP contribution in [-0.4, -0.2) is 30.3 Å². The fourth-order valence-corrected chi connectivity index (χ4v) is 4.19. The van der Waals surface area contributed by atoms with Gasteiger partial charge in [0, 0.05) is 23.1 Å². The summed E-state index contributed by atoms with van der Waals surface area (Å²) in [5.74, 6) is -0.685.